The Morgan fingerprint density at radius 2 is 2.43 bits per heavy atom. The van der Waals surface area contributed by atoms with Crippen molar-refractivity contribution in [3.05, 3.63) is 16.6 Å². The number of hydrogen-bond acceptors (Lipinski definition) is 3. The maximum atomic E-state index is 4.37. The molecule has 14 heavy (non-hydrogen) atoms. The molecule has 1 saturated carbocycles. The highest BCUT2D eigenvalue weighted by molar-refractivity contribution is 7.09. The van der Waals surface area contributed by atoms with Gasteiger partial charge in [0.25, 0.3) is 0 Å². The minimum atomic E-state index is 0.479. The van der Waals surface area contributed by atoms with Crippen LogP contribution < -0.4 is 5.32 Å². The average Bonchev–Trinajstić information content (AvgIpc) is 2.63. The van der Waals surface area contributed by atoms with E-state index in [2.05, 4.69) is 29.5 Å². The lowest BCUT2D eigenvalue weighted by molar-refractivity contribution is 0.220. The molecule has 78 valence electrons. The van der Waals surface area contributed by atoms with Gasteiger partial charge in [-0.05, 0) is 25.2 Å². The summed E-state index contributed by atoms with van der Waals surface area (Å²) in [7, 11) is 0. The summed E-state index contributed by atoms with van der Waals surface area (Å²) in [5, 5.41) is 6.99. The molecule has 0 spiro atoms. The lowest BCUT2D eigenvalue weighted by atomic mass is 9.81. The number of hydrogen-bond donors (Lipinski definition) is 1. The highest BCUT2D eigenvalue weighted by atomic mass is 32.1. The van der Waals surface area contributed by atoms with Gasteiger partial charge in [0.1, 0.15) is 5.01 Å². The van der Waals surface area contributed by atoms with Gasteiger partial charge in [-0.1, -0.05) is 13.8 Å². The van der Waals surface area contributed by atoms with Crippen molar-refractivity contribution in [3.63, 3.8) is 0 Å². The molecule has 0 amide bonds. The first-order chi connectivity index (χ1) is 6.79. The minimum Gasteiger partial charge on any atom is -0.305 e. The summed E-state index contributed by atoms with van der Waals surface area (Å²) < 4.78 is 0. The lowest BCUT2D eigenvalue weighted by Crippen LogP contribution is -2.41. The first-order valence-corrected chi connectivity index (χ1v) is 6.33. The van der Waals surface area contributed by atoms with E-state index in [1.807, 2.05) is 6.20 Å². The topological polar surface area (TPSA) is 24.9 Å². The van der Waals surface area contributed by atoms with Crippen LogP contribution in [-0.2, 0) is 0 Å². The van der Waals surface area contributed by atoms with Gasteiger partial charge < -0.3 is 5.32 Å². The molecule has 1 fully saturated rings. The number of nitrogens with zero attached hydrogens (tertiary/aromatic N) is 1. The fourth-order valence-corrected chi connectivity index (χ4v) is 2.88. The summed E-state index contributed by atoms with van der Waals surface area (Å²) in [5.41, 5.74) is 0. The Bertz CT molecular complexity index is 265. The van der Waals surface area contributed by atoms with Gasteiger partial charge in [0, 0.05) is 17.6 Å². The molecule has 0 bridgehead atoms. The number of nitrogens with one attached hydrogen (secondary N) is 1. The summed E-state index contributed by atoms with van der Waals surface area (Å²) in [6.07, 6.45) is 5.70. The third kappa shape index (κ3) is 2.15. The number of thiazole rings is 1. The van der Waals surface area contributed by atoms with E-state index in [0.717, 1.165) is 18.4 Å². The molecule has 2 nitrogen and oxygen atoms in total. The predicted molar refractivity (Wildman–Crippen MR) is 60.5 cm³/mol. The normalized spacial score (nSPS) is 28.4. The molecule has 0 aromatic carbocycles. The molecule has 0 aliphatic heterocycles. The second-order valence-corrected chi connectivity index (χ2v) is 5.20. The highest BCUT2D eigenvalue weighted by Crippen LogP contribution is 2.30. The van der Waals surface area contributed by atoms with E-state index >= 15 is 0 Å². The van der Waals surface area contributed by atoms with Crippen LogP contribution in [0.3, 0.4) is 0 Å². The van der Waals surface area contributed by atoms with Crippen molar-refractivity contribution in [2.24, 2.45) is 5.92 Å². The molecule has 1 atom stereocenters. The van der Waals surface area contributed by atoms with E-state index in [4.69, 9.17) is 0 Å². The van der Waals surface area contributed by atoms with Crippen LogP contribution in [-0.4, -0.2) is 11.0 Å². The maximum absolute atomic E-state index is 4.37. The fourth-order valence-electron chi connectivity index (χ4n) is 2.09. The van der Waals surface area contributed by atoms with Crippen molar-refractivity contribution in [1.29, 1.82) is 0 Å². The number of aromatic nitrogens is 1. The second-order valence-electron chi connectivity index (χ2n) is 4.27. The van der Waals surface area contributed by atoms with Gasteiger partial charge in [0.2, 0.25) is 0 Å². The van der Waals surface area contributed by atoms with Gasteiger partial charge in [0.15, 0.2) is 0 Å². The Morgan fingerprint density at radius 1 is 1.64 bits per heavy atom. The zero-order chi connectivity index (χ0) is 9.97. The van der Waals surface area contributed by atoms with Crippen molar-refractivity contribution in [2.45, 2.75) is 45.2 Å². The van der Waals surface area contributed by atoms with Crippen molar-refractivity contribution in [3.8, 4) is 0 Å². The molecule has 1 aromatic heterocycles. The molecule has 2 rings (SSSR count). The van der Waals surface area contributed by atoms with E-state index in [-0.39, 0.29) is 0 Å². The fraction of sp³-hybridized carbons (Fsp3) is 0.727. The molecule has 0 radical (unpaired) electrons. The van der Waals surface area contributed by atoms with Crippen LogP contribution >= 0.6 is 11.3 Å². The minimum absolute atomic E-state index is 0.479. The van der Waals surface area contributed by atoms with Gasteiger partial charge in [-0.2, -0.15) is 0 Å². The van der Waals surface area contributed by atoms with Crippen molar-refractivity contribution in [2.75, 3.05) is 0 Å². The van der Waals surface area contributed by atoms with Crippen LogP contribution in [0.1, 0.15) is 44.2 Å². The molecule has 1 unspecified atom stereocenters. The second kappa shape index (κ2) is 4.41. The zero-order valence-electron chi connectivity index (χ0n) is 8.86. The average molecular weight is 210 g/mol. The lowest BCUT2D eigenvalue weighted by Gasteiger charge is -2.35. The molecule has 1 N–H and O–H groups in total. The van der Waals surface area contributed by atoms with E-state index in [1.165, 1.54) is 17.8 Å². The van der Waals surface area contributed by atoms with E-state index < -0.39 is 0 Å². The van der Waals surface area contributed by atoms with E-state index in [9.17, 15) is 0 Å². The van der Waals surface area contributed by atoms with E-state index in [1.54, 1.807) is 11.3 Å². The van der Waals surface area contributed by atoms with Gasteiger partial charge in [-0.3, -0.25) is 0 Å². The standard InChI is InChI=1S/C11H18N2S/c1-3-10(11-12-4-5-14-11)13-9-6-8(2)7-9/h4-5,8-10,13H,3,6-7H2,1-2H3. The molecule has 1 aromatic rings. The van der Waals surface area contributed by atoms with Crippen LogP contribution in [0.4, 0.5) is 0 Å². The quantitative estimate of drug-likeness (QED) is 0.826. The first kappa shape index (κ1) is 10.1. The molecule has 0 saturated heterocycles. The van der Waals surface area contributed by atoms with Gasteiger partial charge in [-0.25, -0.2) is 4.98 Å². The SMILES string of the molecule is CCC(NC1CC(C)C1)c1nccs1. The molecular weight excluding hydrogens is 192 g/mol. The van der Waals surface area contributed by atoms with Crippen molar-refractivity contribution >= 4 is 11.3 Å². The van der Waals surface area contributed by atoms with Gasteiger partial charge in [0.05, 0.1) is 6.04 Å². The largest absolute Gasteiger partial charge is 0.305 e. The Hall–Kier alpha value is -0.410. The molecular formula is C11H18N2S. The highest BCUT2D eigenvalue weighted by Gasteiger charge is 2.27. The van der Waals surface area contributed by atoms with Crippen LogP contribution in [0, 0.1) is 5.92 Å². The third-order valence-corrected chi connectivity index (χ3v) is 3.86. The molecule has 1 aliphatic carbocycles. The van der Waals surface area contributed by atoms with Crippen LogP contribution in [0.25, 0.3) is 0 Å². The Labute approximate surface area is 89.8 Å². The van der Waals surface area contributed by atoms with Crippen LogP contribution in [0.2, 0.25) is 0 Å². The zero-order valence-corrected chi connectivity index (χ0v) is 9.68. The Balaban J connectivity index is 1.88. The summed E-state index contributed by atoms with van der Waals surface area (Å²) in [6, 6.07) is 1.21. The molecule has 1 aliphatic rings. The number of rotatable bonds is 4. The monoisotopic (exact) mass is 210 g/mol. The van der Waals surface area contributed by atoms with Crippen molar-refractivity contribution < 1.29 is 0 Å². The van der Waals surface area contributed by atoms with Gasteiger partial charge in [-0.15, -0.1) is 11.3 Å². The smallest absolute Gasteiger partial charge is 0.109 e. The Morgan fingerprint density at radius 3 is 2.93 bits per heavy atom. The predicted octanol–water partition coefficient (Wildman–Crippen LogP) is 2.98. The summed E-state index contributed by atoms with van der Waals surface area (Å²) in [5.74, 6) is 0.918. The summed E-state index contributed by atoms with van der Waals surface area (Å²) in [6.45, 7) is 4.55. The summed E-state index contributed by atoms with van der Waals surface area (Å²) >= 11 is 1.76. The Kier molecular flexibility index (Phi) is 3.19. The molecule has 1 heterocycles. The maximum Gasteiger partial charge on any atom is 0.109 e. The third-order valence-electron chi connectivity index (χ3n) is 2.97. The van der Waals surface area contributed by atoms with E-state index in [0.29, 0.717) is 6.04 Å². The summed E-state index contributed by atoms with van der Waals surface area (Å²) in [4.78, 5) is 4.37. The van der Waals surface area contributed by atoms with Crippen molar-refractivity contribution in [1.82, 2.24) is 10.3 Å². The first-order valence-electron chi connectivity index (χ1n) is 5.45. The van der Waals surface area contributed by atoms with Gasteiger partial charge >= 0.3 is 0 Å². The molecule has 3 heteroatoms. The van der Waals surface area contributed by atoms with Crippen LogP contribution in [0.5, 0.6) is 0 Å². The van der Waals surface area contributed by atoms with Crippen LogP contribution in [0.15, 0.2) is 11.6 Å².